The first kappa shape index (κ1) is 16.5. The van der Waals surface area contributed by atoms with Crippen LogP contribution in [0.2, 0.25) is 0 Å². The molecule has 3 rings (SSSR count). The molecule has 0 radical (unpaired) electrons. The van der Waals surface area contributed by atoms with E-state index in [0.717, 1.165) is 29.7 Å². The molecule has 2 aromatic rings. The molecule has 4 nitrogen and oxygen atoms in total. The smallest absolute Gasteiger partial charge is 0.223 e. The number of ether oxygens (including phenoxy) is 1. The van der Waals surface area contributed by atoms with Gasteiger partial charge in [0, 0.05) is 31.4 Å². The van der Waals surface area contributed by atoms with Gasteiger partial charge in [-0.15, -0.1) is 0 Å². The molecule has 126 valence electrons. The zero-order valence-electron chi connectivity index (χ0n) is 14.3. The summed E-state index contributed by atoms with van der Waals surface area (Å²) in [7, 11) is 1.67. The van der Waals surface area contributed by atoms with Crippen LogP contribution in [-0.2, 0) is 11.3 Å². The number of rotatable bonds is 7. The Balaban J connectivity index is 1.69. The van der Waals surface area contributed by atoms with Gasteiger partial charge in [0.2, 0.25) is 5.91 Å². The number of hydrogen-bond acceptors (Lipinski definition) is 3. The van der Waals surface area contributed by atoms with Crippen molar-refractivity contribution in [3.8, 4) is 5.75 Å². The van der Waals surface area contributed by atoms with Crippen LogP contribution in [0.4, 0.5) is 0 Å². The highest BCUT2D eigenvalue weighted by Gasteiger charge is 2.33. The van der Waals surface area contributed by atoms with Gasteiger partial charge in [0.25, 0.3) is 0 Å². The van der Waals surface area contributed by atoms with Crippen LogP contribution in [0.3, 0.4) is 0 Å². The molecule has 1 aliphatic carbocycles. The molecule has 1 aromatic heterocycles. The molecular weight excluding hydrogens is 300 g/mol. The van der Waals surface area contributed by atoms with Crippen LogP contribution < -0.4 is 4.74 Å². The van der Waals surface area contributed by atoms with E-state index in [2.05, 4.69) is 11.9 Å². The van der Waals surface area contributed by atoms with Gasteiger partial charge in [-0.3, -0.25) is 9.78 Å². The second-order valence-electron chi connectivity index (χ2n) is 6.46. The van der Waals surface area contributed by atoms with Crippen LogP contribution in [-0.4, -0.2) is 28.9 Å². The van der Waals surface area contributed by atoms with Crippen molar-refractivity contribution in [1.82, 2.24) is 9.88 Å². The van der Waals surface area contributed by atoms with Crippen molar-refractivity contribution in [2.45, 2.75) is 44.7 Å². The van der Waals surface area contributed by atoms with Gasteiger partial charge in [0.15, 0.2) is 0 Å². The molecule has 1 atom stereocenters. The van der Waals surface area contributed by atoms with Gasteiger partial charge in [-0.1, -0.05) is 25.1 Å². The third-order valence-corrected chi connectivity index (χ3v) is 4.56. The Morgan fingerprint density at radius 3 is 2.62 bits per heavy atom. The molecule has 0 N–H and O–H groups in total. The minimum Gasteiger partial charge on any atom is -0.496 e. The molecule has 1 saturated carbocycles. The molecule has 0 bridgehead atoms. The fraction of sp³-hybridized carbons (Fsp3) is 0.400. The van der Waals surface area contributed by atoms with Crippen molar-refractivity contribution < 1.29 is 9.53 Å². The highest BCUT2D eigenvalue weighted by Crippen LogP contribution is 2.33. The molecule has 1 aliphatic rings. The predicted molar refractivity (Wildman–Crippen MR) is 93.8 cm³/mol. The fourth-order valence-electron chi connectivity index (χ4n) is 3.05. The molecule has 1 fully saturated rings. The lowest BCUT2D eigenvalue weighted by molar-refractivity contribution is -0.132. The number of pyridine rings is 1. The van der Waals surface area contributed by atoms with Gasteiger partial charge in [-0.2, -0.15) is 0 Å². The van der Waals surface area contributed by atoms with Gasteiger partial charge >= 0.3 is 0 Å². The van der Waals surface area contributed by atoms with Gasteiger partial charge in [0.05, 0.1) is 7.11 Å². The number of para-hydroxylation sites is 1. The third kappa shape index (κ3) is 3.94. The summed E-state index contributed by atoms with van der Waals surface area (Å²) in [6.07, 6.45) is 6.28. The van der Waals surface area contributed by atoms with Crippen molar-refractivity contribution in [2.24, 2.45) is 0 Å². The average Bonchev–Trinajstić information content (AvgIpc) is 3.45. The third-order valence-electron chi connectivity index (χ3n) is 4.56. The molecule has 4 heteroatoms. The molecule has 24 heavy (non-hydrogen) atoms. The van der Waals surface area contributed by atoms with Crippen LogP contribution >= 0.6 is 0 Å². The van der Waals surface area contributed by atoms with Crippen molar-refractivity contribution in [3.63, 3.8) is 0 Å². The summed E-state index contributed by atoms with van der Waals surface area (Å²) in [5, 5.41) is 0. The second kappa shape index (κ2) is 7.47. The monoisotopic (exact) mass is 324 g/mol. The molecule has 1 aromatic carbocycles. The Morgan fingerprint density at radius 2 is 1.96 bits per heavy atom. The summed E-state index contributed by atoms with van der Waals surface area (Å²) in [6.45, 7) is 2.76. The predicted octanol–water partition coefficient (Wildman–Crippen LogP) is 3.78. The summed E-state index contributed by atoms with van der Waals surface area (Å²) in [5.41, 5.74) is 2.23. The number of carbonyl (C=O) groups is 1. The summed E-state index contributed by atoms with van der Waals surface area (Å²) >= 11 is 0. The quantitative estimate of drug-likeness (QED) is 0.778. The van der Waals surface area contributed by atoms with Crippen molar-refractivity contribution in [3.05, 3.63) is 59.9 Å². The van der Waals surface area contributed by atoms with E-state index in [1.807, 2.05) is 41.3 Å². The maximum atomic E-state index is 12.9. The normalized spacial score (nSPS) is 14.9. The molecule has 0 saturated heterocycles. The molecule has 1 amide bonds. The number of nitrogens with zero attached hydrogens (tertiary/aromatic N) is 2. The molecular formula is C20H24N2O2. The summed E-state index contributed by atoms with van der Waals surface area (Å²) in [5.74, 6) is 1.20. The standard InChI is InChI=1S/C20H24N2O2/c1-15(18-5-3-4-6-19(18)24-2)13-20(23)22(17-7-8-17)14-16-9-11-21-12-10-16/h3-6,9-12,15,17H,7-8,13-14H2,1-2H3. The van der Waals surface area contributed by atoms with Crippen molar-refractivity contribution in [2.75, 3.05) is 7.11 Å². The van der Waals surface area contributed by atoms with Gasteiger partial charge < -0.3 is 9.64 Å². The molecule has 0 spiro atoms. The Kier molecular flexibility index (Phi) is 5.14. The lowest BCUT2D eigenvalue weighted by Gasteiger charge is -2.25. The first-order chi connectivity index (χ1) is 11.7. The van der Waals surface area contributed by atoms with Gasteiger partial charge in [-0.05, 0) is 48.1 Å². The number of hydrogen-bond donors (Lipinski definition) is 0. The van der Waals surface area contributed by atoms with Gasteiger partial charge in [0.1, 0.15) is 5.75 Å². The average molecular weight is 324 g/mol. The number of carbonyl (C=O) groups excluding carboxylic acids is 1. The zero-order chi connectivity index (χ0) is 16.9. The van der Waals surface area contributed by atoms with Crippen molar-refractivity contribution in [1.29, 1.82) is 0 Å². The lowest BCUT2D eigenvalue weighted by atomic mass is 9.96. The largest absolute Gasteiger partial charge is 0.496 e. The van der Waals surface area contributed by atoms with E-state index in [1.165, 1.54) is 0 Å². The zero-order valence-corrected chi connectivity index (χ0v) is 14.3. The Morgan fingerprint density at radius 1 is 1.25 bits per heavy atom. The molecule has 1 heterocycles. The summed E-state index contributed by atoms with van der Waals surface area (Å²) < 4.78 is 5.43. The topological polar surface area (TPSA) is 42.4 Å². The van der Waals surface area contributed by atoms with Gasteiger partial charge in [-0.25, -0.2) is 0 Å². The SMILES string of the molecule is COc1ccccc1C(C)CC(=O)N(Cc1ccncc1)C1CC1. The number of methoxy groups -OCH3 is 1. The van der Waals surface area contributed by atoms with E-state index in [0.29, 0.717) is 19.0 Å². The fourth-order valence-corrected chi connectivity index (χ4v) is 3.05. The van der Waals surface area contributed by atoms with E-state index in [9.17, 15) is 4.79 Å². The van der Waals surface area contributed by atoms with Crippen LogP contribution in [0.15, 0.2) is 48.8 Å². The van der Waals surface area contributed by atoms with Crippen LogP contribution in [0.1, 0.15) is 43.2 Å². The molecule has 1 unspecified atom stereocenters. The number of amides is 1. The van der Waals surface area contributed by atoms with Crippen LogP contribution in [0.25, 0.3) is 0 Å². The van der Waals surface area contributed by atoms with Crippen LogP contribution in [0.5, 0.6) is 5.75 Å². The number of aromatic nitrogens is 1. The maximum Gasteiger partial charge on any atom is 0.223 e. The Bertz CT molecular complexity index is 683. The molecule has 0 aliphatic heterocycles. The van der Waals surface area contributed by atoms with Crippen molar-refractivity contribution >= 4 is 5.91 Å². The first-order valence-corrected chi connectivity index (χ1v) is 8.50. The minimum absolute atomic E-state index is 0.132. The Labute approximate surface area is 143 Å². The van der Waals surface area contributed by atoms with E-state index in [4.69, 9.17) is 4.74 Å². The summed E-state index contributed by atoms with van der Waals surface area (Å²) in [6, 6.07) is 12.3. The Hall–Kier alpha value is -2.36. The first-order valence-electron chi connectivity index (χ1n) is 8.50. The number of benzene rings is 1. The lowest BCUT2D eigenvalue weighted by Crippen LogP contribution is -2.33. The maximum absolute atomic E-state index is 12.9. The van der Waals surface area contributed by atoms with E-state index >= 15 is 0 Å². The summed E-state index contributed by atoms with van der Waals surface area (Å²) in [4.78, 5) is 19.0. The van der Waals surface area contributed by atoms with E-state index < -0.39 is 0 Å². The second-order valence-corrected chi connectivity index (χ2v) is 6.46. The minimum atomic E-state index is 0.132. The van der Waals surface area contributed by atoms with E-state index in [1.54, 1.807) is 19.5 Å². The highest BCUT2D eigenvalue weighted by atomic mass is 16.5. The van der Waals surface area contributed by atoms with E-state index in [-0.39, 0.29) is 11.8 Å². The van der Waals surface area contributed by atoms with Crippen LogP contribution in [0, 0.1) is 0 Å². The highest BCUT2D eigenvalue weighted by molar-refractivity contribution is 5.78.